The number of nitrogens with two attached hydrogens (primary N) is 1. The summed E-state index contributed by atoms with van der Waals surface area (Å²) in [5.41, 5.74) is 8.54. The highest BCUT2D eigenvalue weighted by Gasteiger charge is 2.15. The third-order valence-electron chi connectivity index (χ3n) is 3.12. The number of hydrogen-bond acceptors (Lipinski definition) is 1. The molecule has 2 aromatic rings. The minimum absolute atomic E-state index is 0.313. The Balaban J connectivity index is 2.28. The Morgan fingerprint density at radius 2 is 1.95 bits per heavy atom. The van der Waals surface area contributed by atoms with E-state index < -0.39 is 0 Å². The monoisotopic (exact) mass is 297 g/mol. The summed E-state index contributed by atoms with van der Waals surface area (Å²) in [7, 11) is 0. The molecule has 19 heavy (non-hydrogen) atoms. The van der Waals surface area contributed by atoms with Crippen LogP contribution in [0.1, 0.15) is 22.7 Å². The van der Waals surface area contributed by atoms with Gasteiger partial charge in [0.2, 0.25) is 0 Å². The van der Waals surface area contributed by atoms with Gasteiger partial charge < -0.3 is 5.73 Å². The summed E-state index contributed by atoms with van der Waals surface area (Å²) >= 11 is 11.9. The molecule has 0 aromatic heterocycles. The summed E-state index contributed by atoms with van der Waals surface area (Å²) < 4.78 is 13.7. The van der Waals surface area contributed by atoms with Crippen molar-refractivity contribution in [1.82, 2.24) is 0 Å². The highest BCUT2D eigenvalue weighted by Crippen LogP contribution is 2.27. The SMILES string of the molecule is Cc1cc(Cl)ccc1C(N)Cc1c(F)cccc1Cl. The van der Waals surface area contributed by atoms with Crippen LogP contribution in [0.3, 0.4) is 0 Å². The molecule has 1 nitrogen and oxygen atoms in total. The smallest absolute Gasteiger partial charge is 0.127 e. The zero-order valence-corrected chi connectivity index (χ0v) is 12.0. The minimum atomic E-state index is -0.324. The fourth-order valence-corrected chi connectivity index (χ4v) is 2.58. The van der Waals surface area contributed by atoms with Crippen molar-refractivity contribution < 1.29 is 4.39 Å². The van der Waals surface area contributed by atoms with Crippen molar-refractivity contribution in [3.8, 4) is 0 Å². The van der Waals surface area contributed by atoms with E-state index >= 15 is 0 Å². The molecule has 0 spiro atoms. The van der Waals surface area contributed by atoms with E-state index in [0.29, 0.717) is 22.0 Å². The predicted molar refractivity (Wildman–Crippen MR) is 78.2 cm³/mol. The molecule has 0 fully saturated rings. The number of aryl methyl sites for hydroxylation is 1. The van der Waals surface area contributed by atoms with Crippen molar-refractivity contribution in [2.24, 2.45) is 5.73 Å². The molecule has 1 unspecified atom stereocenters. The van der Waals surface area contributed by atoms with Crippen LogP contribution in [0.15, 0.2) is 36.4 Å². The van der Waals surface area contributed by atoms with E-state index in [1.165, 1.54) is 6.07 Å². The number of hydrogen-bond donors (Lipinski definition) is 1. The highest BCUT2D eigenvalue weighted by atomic mass is 35.5. The van der Waals surface area contributed by atoms with Gasteiger partial charge in [0.15, 0.2) is 0 Å². The molecule has 4 heteroatoms. The minimum Gasteiger partial charge on any atom is -0.324 e. The van der Waals surface area contributed by atoms with Crippen molar-refractivity contribution in [2.75, 3.05) is 0 Å². The lowest BCUT2D eigenvalue weighted by atomic mass is 9.96. The van der Waals surface area contributed by atoms with Crippen molar-refractivity contribution in [3.05, 3.63) is 69.0 Å². The van der Waals surface area contributed by atoms with E-state index in [4.69, 9.17) is 28.9 Å². The molecule has 0 heterocycles. The first-order valence-electron chi connectivity index (χ1n) is 5.93. The van der Waals surface area contributed by atoms with E-state index in [1.54, 1.807) is 18.2 Å². The van der Waals surface area contributed by atoms with Crippen LogP contribution in [0.2, 0.25) is 10.0 Å². The van der Waals surface area contributed by atoms with Gasteiger partial charge in [-0.15, -0.1) is 0 Å². The van der Waals surface area contributed by atoms with Gasteiger partial charge >= 0.3 is 0 Å². The third-order valence-corrected chi connectivity index (χ3v) is 3.71. The summed E-state index contributed by atoms with van der Waals surface area (Å²) in [5.74, 6) is -0.324. The molecule has 2 N–H and O–H groups in total. The second-order valence-corrected chi connectivity index (χ2v) is 5.36. The molecule has 0 aliphatic heterocycles. The van der Waals surface area contributed by atoms with E-state index in [-0.39, 0.29) is 11.9 Å². The van der Waals surface area contributed by atoms with Gasteiger partial charge in [-0.05, 0) is 48.7 Å². The van der Waals surface area contributed by atoms with Crippen LogP contribution in [-0.4, -0.2) is 0 Å². The predicted octanol–water partition coefficient (Wildman–Crippen LogP) is 4.68. The molecule has 0 saturated heterocycles. The molecule has 0 amide bonds. The van der Waals surface area contributed by atoms with Crippen LogP contribution in [0.5, 0.6) is 0 Å². The molecule has 1 atom stereocenters. The average Bonchev–Trinajstić information content (AvgIpc) is 2.33. The Labute approximate surface area is 122 Å². The van der Waals surface area contributed by atoms with Crippen molar-refractivity contribution in [3.63, 3.8) is 0 Å². The van der Waals surface area contributed by atoms with Crippen LogP contribution >= 0.6 is 23.2 Å². The molecule has 2 aromatic carbocycles. The van der Waals surface area contributed by atoms with Gasteiger partial charge in [-0.3, -0.25) is 0 Å². The zero-order chi connectivity index (χ0) is 14.0. The summed E-state index contributed by atoms with van der Waals surface area (Å²) in [6.07, 6.45) is 0.355. The second-order valence-electron chi connectivity index (χ2n) is 4.51. The summed E-state index contributed by atoms with van der Waals surface area (Å²) in [6, 6.07) is 9.83. The summed E-state index contributed by atoms with van der Waals surface area (Å²) in [6.45, 7) is 1.93. The van der Waals surface area contributed by atoms with Crippen molar-refractivity contribution in [2.45, 2.75) is 19.4 Å². The van der Waals surface area contributed by atoms with E-state index in [2.05, 4.69) is 0 Å². The number of halogens is 3. The van der Waals surface area contributed by atoms with Crippen LogP contribution in [0.25, 0.3) is 0 Å². The van der Waals surface area contributed by atoms with Gasteiger partial charge in [0.05, 0.1) is 0 Å². The number of benzene rings is 2. The average molecular weight is 298 g/mol. The van der Waals surface area contributed by atoms with Gasteiger partial charge in [0.1, 0.15) is 5.82 Å². The Kier molecular flexibility index (Phi) is 4.46. The van der Waals surface area contributed by atoms with Gasteiger partial charge in [-0.25, -0.2) is 4.39 Å². The lowest BCUT2D eigenvalue weighted by Gasteiger charge is -2.16. The first-order valence-corrected chi connectivity index (χ1v) is 6.69. The molecule has 0 saturated carbocycles. The molecule has 0 bridgehead atoms. The second kappa shape index (κ2) is 5.91. The van der Waals surface area contributed by atoms with Gasteiger partial charge in [-0.1, -0.05) is 35.3 Å². The Morgan fingerprint density at radius 1 is 1.21 bits per heavy atom. The lowest BCUT2D eigenvalue weighted by Crippen LogP contribution is -2.15. The molecular weight excluding hydrogens is 284 g/mol. The molecule has 0 aliphatic rings. The van der Waals surface area contributed by atoms with Gasteiger partial charge in [-0.2, -0.15) is 0 Å². The Morgan fingerprint density at radius 3 is 2.58 bits per heavy atom. The topological polar surface area (TPSA) is 26.0 Å². The summed E-state index contributed by atoms with van der Waals surface area (Å²) in [4.78, 5) is 0. The maximum Gasteiger partial charge on any atom is 0.127 e. The quantitative estimate of drug-likeness (QED) is 0.874. The molecule has 2 rings (SSSR count). The Bertz CT molecular complexity index is 578. The zero-order valence-electron chi connectivity index (χ0n) is 10.5. The first kappa shape index (κ1) is 14.3. The largest absolute Gasteiger partial charge is 0.324 e. The molecule has 0 radical (unpaired) electrons. The summed E-state index contributed by atoms with van der Waals surface area (Å²) in [5, 5.41) is 1.07. The van der Waals surface area contributed by atoms with E-state index in [9.17, 15) is 4.39 Å². The normalized spacial score (nSPS) is 12.5. The van der Waals surface area contributed by atoms with Gasteiger partial charge in [0.25, 0.3) is 0 Å². The molecular formula is C15H14Cl2FN. The first-order chi connectivity index (χ1) is 8.99. The standard InChI is InChI=1S/C15H14Cl2FN/c1-9-7-10(16)5-6-11(9)15(19)8-12-13(17)3-2-4-14(12)18/h2-7,15H,8,19H2,1H3. The Hall–Kier alpha value is -1.09. The van der Waals surface area contributed by atoms with Crippen LogP contribution < -0.4 is 5.73 Å². The molecule has 0 aliphatic carbocycles. The molecule has 100 valence electrons. The van der Waals surface area contributed by atoms with Crippen LogP contribution in [-0.2, 0) is 6.42 Å². The van der Waals surface area contributed by atoms with Crippen molar-refractivity contribution in [1.29, 1.82) is 0 Å². The van der Waals surface area contributed by atoms with Gasteiger partial charge in [0, 0.05) is 21.7 Å². The number of rotatable bonds is 3. The third kappa shape index (κ3) is 3.27. The lowest BCUT2D eigenvalue weighted by molar-refractivity contribution is 0.593. The fraction of sp³-hybridized carbons (Fsp3) is 0.200. The van der Waals surface area contributed by atoms with E-state index in [1.807, 2.05) is 19.1 Å². The maximum atomic E-state index is 13.7. The fourth-order valence-electron chi connectivity index (χ4n) is 2.11. The maximum absolute atomic E-state index is 13.7. The van der Waals surface area contributed by atoms with Crippen molar-refractivity contribution >= 4 is 23.2 Å². The highest BCUT2D eigenvalue weighted by molar-refractivity contribution is 6.31. The van der Waals surface area contributed by atoms with E-state index in [0.717, 1.165) is 11.1 Å². The van der Waals surface area contributed by atoms with Crippen LogP contribution in [0, 0.1) is 12.7 Å². The van der Waals surface area contributed by atoms with Crippen LogP contribution in [0.4, 0.5) is 4.39 Å².